The van der Waals surface area contributed by atoms with E-state index in [4.69, 9.17) is 4.74 Å². The average Bonchev–Trinajstić information content (AvgIpc) is 3.39. The lowest BCUT2D eigenvalue weighted by atomic mass is 9.92. The number of likely N-dealkylation sites (N-methyl/N-ethyl adjacent to an activating group) is 1. The highest BCUT2D eigenvalue weighted by Gasteiger charge is 2.49. The number of aromatic nitrogens is 1. The third-order valence-corrected chi connectivity index (χ3v) is 5.30. The summed E-state index contributed by atoms with van der Waals surface area (Å²) in [6.07, 6.45) is 3.90. The van der Waals surface area contributed by atoms with E-state index in [0.717, 1.165) is 12.8 Å². The van der Waals surface area contributed by atoms with Gasteiger partial charge >= 0.3 is 0 Å². The van der Waals surface area contributed by atoms with Gasteiger partial charge in [0.05, 0.1) is 36.5 Å². The monoisotopic (exact) mass is 330 g/mol. The van der Waals surface area contributed by atoms with E-state index >= 15 is 0 Å². The summed E-state index contributed by atoms with van der Waals surface area (Å²) in [6, 6.07) is 1.74. The summed E-state index contributed by atoms with van der Waals surface area (Å²) in [7, 11) is 1.82. The molecule has 1 aliphatic carbocycles. The van der Waals surface area contributed by atoms with E-state index in [2.05, 4.69) is 17.2 Å². The molecule has 24 heavy (non-hydrogen) atoms. The van der Waals surface area contributed by atoms with Gasteiger partial charge in [-0.05, 0) is 31.7 Å². The number of nitrogens with zero attached hydrogens (tertiary/aromatic N) is 3. The molecule has 2 fully saturated rings. The van der Waals surface area contributed by atoms with E-state index in [0.29, 0.717) is 42.7 Å². The van der Waals surface area contributed by atoms with Crippen LogP contribution in [0.4, 0.5) is 11.5 Å². The normalized spacial score (nSPS) is 26.8. The Morgan fingerprint density at radius 1 is 1.46 bits per heavy atom. The summed E-state index contributed by atoms with van der Waals surface area (Å²) in [5, 5.41) is 2.81. The second kappa shape index (κ2) is 5.44. The first-order valence-electron chi connectivity index (χ1n) is 8.40. The first-order valence-corrected chi connectivity index (χ1v) is 8.40. The molecular formula is C17H22N4O3. The molecule has 0 bridgehead atoms. The van der Waals surface area contributed by atoms with Crippen LogP contribution in [0.2, 0.25) is 0 Å². The minimum absolute atomic E-state index is 0.0366. The van der Waals surface area contributed by atoms with E-state index in [1.165, 1.54) is 0 Å². The number of rotatable bonds is 2. The molecule has 1 saturated carbocycles. The van der Waals surface area contributed by atoms with Gasteiger partial charge in [-0.2, -0.15) is 0 Å². The summed E-state index contributed by atoms with van der Waals surface area (Å²) in [5.74, 6) is 1.08. The Labute approximate surface area is 141 Å². The zero-order valence-corrected chi connectivity index (χ0v) is 14.0. The summed E-state index contributed by atoms with van der Waals surface area (Å²) >= 11 is 0. The first kappa shape index (κ1) is 15.4. The topological polar surface area (TPSA) is 74.8 Å². The third-order valence-electron chi connectivity index (χ3n) is 5.30. The highest BCUT2D eigenvalue weighted by Crippen LogP contribution is 2.44. The Morgan fingerprint density at radius 2 is 2.25 bits per heavy atom. The van der Waals surface area contributed by atoms with Crippen molar-refractivity contribution in [2.24, 2.45) is 5.92 Å². The smallest absolute Gasteiger partial charge is 0.256 e. The number of carbonyl (C=O) groups excluding carboxylic acids is 2. The zero-order valence-electron chi connectivity index (χ0n) is 14.0. The number of anilines is 2. The number of ether oxygens (including phenoxy) is 1. The Kier molecular flexibility index (Phi) is 3.49. The Balaban J connectivity index is 1.64. The summed E-state index contributed by atoms with van der Waals surface area (Å²) in [6.45, 7) is 4.13. The van der Waals surface area contributed by atoms with Crippen molar-refractivity contribution in [1.29, 1.82) is 0 Å². The highest BCUT2D eigenvalue weighted by molar-refractivity contribution is 6.02. The van der Waals surface area contributed by atoms with Crippen molar-refractivity contribution in [2.45, 2.75) is 25.3 Å². The van der Waals surface area contributed by atoms with Crippen LogP contribution in [0, 0.1) is 5.92 Å². The Bertz CT molecular complexity index is 703. The molecule has 1 saturated heterocycles. The molecule has 7 nitrogen and oxygen atoms in total. The number of morpholine rings is 1. The van der Waals surface area contributed by atoms with Gasteiger partial charge in [0.2, 0.25) is 5.91 Å². The maximum absolute atomic E-state index is 13.1. The molecule has 1 aromatic heterocycles. The number of pyridine rings is 1. The molecule has 7 heteroatoms. The fraction of sp³-hybridized carbons (Fsp3) is 0.588. The van der Waals surface area contributed by atoms with Crippen molar-refractivity contribution in [2.75, 3.05) is 43.6 Å². The molecule has 0 spiro atoms. The SMILES string of the molecule is CN1CC(=O)Nc2cc(C(=O)N3CCOC[C@@]3(C)C3CC3)cnc21. The molecule has 3 heterocycles. The number of amides is 2. The van der Waals surface area contributed by atoms with Gasteiger partial charge in [-0.25, -0.2) is 4.98 Å². The van der Waals surface area contributed by atoms with Crippen LogP contribution in [0.3, 0.4) is 0 Å². The van der Waals surface area contributed by atoms with E-state index in [1.807, 2.05) is 11.9 Å². The van der Waals surface area contributed by atoms with Crippen molar-refractivity contribution >= 4 is 23.3 Å². The van der Waals surface area contributed by atoms with Gasteiger partial charge in [0, 0.05) is 19.8 Å². The maximum atomic E-state index is 13.1. The lowest BCUT2D eigenvalue weighted by molar-refractivity contribution is -0.115. The molecule has 0 unspecified atom stereocenters. The number of hydrogen-bond donors (Lipinski definition) is 1. The van der Waals surface area contributed by atoms with Crippen molar-refractivity contribution in [3.63, 3.8) is 0 Å². The largest absolute Gasteiger partial charge is 0.377 e. The molecule has 1 atom stereocenters. The van der Waals surface area contributed by atoms with Crippen LogP contribution in [0.25, 0.3) is 0 Å². The van der Waals surface area contributed by atoms with Crippen molar-refractivity contribution in [3.8, 4) is 0 Å². The fourth-order valence-electron chi connectivity index (χ4n) is 3.75. The van der Waals surface area contributed by atoms with Gasteiger partial charge < -0.3 is 19.9 Å². The fourth-order valence-corrected chi connectivity index (χ4v) is 3.75. The van der Waals surface area contributed by atoms with Gasteiger partial charge in [0.15, 0.2) is 5.82 Å². The Morgan fingerprint density at radius 3 is 3.00 bits per heavy atom. The highest BCUT2D eigenvalue weighted by atomic mass is 16.5. The molecule has 3 aliphatic rings. The van der Waals surface area contributed by atoms with E-state index in [9.17, 15) is 9.59 Å². The van der Waals surface area contributed by atoms with Crippen LogP contribution in [-0.2, 0) is 9.53 Å². The molecule has 2 amide bonds. The summed E-state index contributed by atoms with van der Waals surface area (Å²) in [4.78, 5) is 32.9. The van der Waals surface area contributed by atoms with E-state index in [1.54, 1.807) is 17.2 Å². The van der Waals surface area contributed by atoms with Crippen LogP contribution in [0.5, 0.6) is 0 Å². The molecule has 0 radical (unpaired) electrons. The van der Waals surface area contributed by atoms with Gasteiger partial charge in [-0.1, -0.05) is 0 Å². The predicted molar refractivity (Wildman–Crippen MR) is 89.1 cm³/mol. The van der Waals surface area contributed by atoms with Crippen molar-refractivity contribution < 1.29 is 14.3 Å². The van der Waals surface area contributed by atoms with Crippen molar-refractivity contribution in [1.82, 2.24) is 9.88 Å². The van der Waals surface area contributed by atoms with Crippen LogP contribution < -0.4 is 10.2 Å². The van der Waals surface area contributed by atoms with E-state index in [-0.39, 0.29) is 23.9 Å². The van der Waals surface area contributed by atoms with Gasteiger partial charge in [0.1, 0.15) is 0 Å². The summed E-state index contributed by atoms with van der Waals surface area (Å²) < 4.78 is 5.65. The number of fused-ring (bicyclic) bond motifs is 1. The molecule has 1 N–H and O–H groups in total. The van der Waals surface area contributed by atoms with Crippen LogP contribution in [0.15, 0.2) is 12.3 Å². The third kappa shape index (κ3) is 2.43. The second-order valence-electron chi connectivity index (χ2n) is 7.14. The average molecular weight is 330 g/mol. The van der Waals surface area contributed by atoms with Crippen molar-refractivity contribution in [3.05, 3.63) is 17.8 Å². The summed E-state index contributed by atoms with van der Waals surface area (Å²) in [5.41, 5.74) is 0.866. The molecule has 2 aliphatic heterocycles. The first-order chi connectivity index (χ1) is 11.5. The van der Waals surface area contributed by atoms with Crippen LogP contribution >= 0.6 is 0 Å². The van der Waals surface area contributed by atoms with Crippen LogP contribution in [-0.4, -0.2) is 60.6 Å². The minimum Gasteiger partial charge on any atom is -0.377 e. The number of hydrogen-bond acceptors (Lipinski definition) is 5. The van der Waals surface area contributed by atoms with Gasteiger partial charge in [-0.15, -0.1) is 0 Å². The Hall–Kier alpha value is -2.15. The molecule has 1 aromatic rings. The van der Waals surface area contributed by atoms with Crippen LogP contribution in [0.1, 0.15) is 30.1 Å². The minimum atomic E-state index is -0.245. The van der Waals surface area contributed by atoms with Gasteiger partial charge in [-0.3, -0.25) is 9.59 Å². The number of nitrogens with one attached hydrogen (secondary N) is 1. The quantitative estimate of drug-likeness (QED) is 0.879. The number of carbonyl (C=O) groups is 2. The maximum Gasteiger partial charge on any atom is 0.256 e. The van der Waals surface area contributed by atoms with E-state index < -0.39 is 0 Å². The predicted octanol–water partition coefficient (Wildman–Crippen LogP) is 1.11. The molecule has 128 valence electrons. The second-order valence-corrected chi connectivity index (χ2v) is 7.14. The van der Waals surface area contributed by atoms with Gasteiger partial charge in [0.25, 0.3) is 5.91 Å². The lowest BCUT2D eigenvalue weighted by Crippen LogP contribution is -2.58. The molecule has 4 rings (SSSR count). The molecule has 0 aromatic carbocycles. The lowest BCUT2D eigenvalue weighted by Gasteiger charge is -2.45. The zero-order chi connectivity index (χ0) is 16.9. The standard InChI is InChI=1S/C17H22N4O3/c1-17(12-3-4-12)10-24-6-5-21(17)16(23)11-7-13-15(18-8-11)20(2)9-14(22)19-13/h7-8,12H,3-6,9-10H2,1-2H3,(H,19,22)/t17-/m0/s1. The molecular weight excluding hydrogens is 308 g/mol.